The molecule has 1 saturated heterocycles. The minimum Gasteiger partial charge on any atom is -0.461 e. The molecule has 1 fully saturated rings. The van der Waals surface area contributed by atoms with E-state index in [0.29, 0.717) is 29.4 Å². The number of sulfonamides is 1. The highest BCUT2D eigenvalue weighted by molar-refractivity contribution is 7.89. The summed E-state index contributed by atoms with van der Waals surface area (Å²) in [5, 5.41) is 0. The van der Waals surface area contributed by atoms with Crippen molar-refractivity contribution in [3.8, 4) is 0 Å². The second-order valence-corrected chi connectivity index (χ2v) is 11.5. The SMILES string of the molecule is NC(CCC(=O)OCc1ccccc1)C(=O)N(CC1CCCN(c2ccccc2)C1=O)S(=O)(=O)c1ccccc1. The predicted molar refractivity (Wildman–Crippen MR) is 150 cm³/mol. The van der Waals surface area contributed by atoms with Crippen molar-refractivity contribution >= 4 is 33.5 Å². The molecule has 210 valence electrons. The number of carbonyl (C=O) groups is 3. The molecule has 0 aromatic heterocycles. The van der Waals surface area contributed by atoms with E-state index in [9.17, 15) is 22.8 Å². The Bertz CT molecular complexity index is 1400. The first-order valence-corrected chi connectivity index (χ1v) is 14.6. The van der Waals surface area contributed by atoms with E-state index in [2.05, 4.69) is 0 Å². The van der Waals surface area contributed by atoms with Gasteiger partial charge in [0.15, 0.2) is 0 Å². The molecule has 1 heterocycles. The fourth-order valence-corrected chi connectivity index (χ4v) is 6.11. The number of piperidine rings is 1. The van der Waals surface area contributed by atoms with Crippen LogP contribution in [0.4, 0.5) is 5.69 Å². The quantitative estimate of drug-likeness (QED) is 0.354. The number of esters is 1. The van der Waals surface area contributed by atoms with Crippen molar-refractivity contribution in [1.82, 2.24) is 4.31 Å². The maximum absolute atomic E-state index is 13.6. The van der Waals surface area contributed by atoms with Gasteiger partial charge in [0.1, 0.15) is 6.61 Å². The lowest BCUT2D eigenvalue weighted by Crippen LogP contribution is -2.52. The summed E-state index contributed by atoms with van der Waals surface area (Å²) in [5.41, 5.74) is 7.68. The smallest absolute Gasteiger partial charge is 0.306 e. The molecular weight excluding hydrogens is 530 g/mol. The fraction of sp³-hybridized carbons (Fsp3) is 0.300. The number of para-hydroxylation sites is 1. The molecule has 3 aromatic carbocycles. The molecule has 0 spiro atoms. The molecule has 0 aliphatic carbocycles. The number of anilines is 1. The van der Waals surface area contributed by atoms with Gasteiger partial charge in [-0.3, -0.25) is 14.4 Å². The van der Waals surface area contributed by atoms with Crippen molar-refractivity contribution in [3.05, 3.63) is 96.6 Å². The summed E-state index contributed by atoms with van der Waals surface area (Å²) in [6.07, 6.45) is 0.806. The third-order valence-electron chi connectivity index (χ3n) is 6.80. The Morgan fingerprint density at radius 1 is 0.950 bits per heavy atom. The summed E-state index contributed by atoms with van der Waals surface area (Å²) < 4.78 is 33.2. The average Bonchev–Trinajstić information content (AvgIpc) is 2.99. The lowest BCUT2D eigenvalue weighted by molar-refractivity contribution is -0.145. The van der Waals surface area contributed by atoms with E-state index in [1.54, 1.807) is 23.1 Å². The number of hydrogen-bond donors (Lipinski definition) is 1. The van der Waals surface area contributed by atoms with Crippen LogP contribution < -0.4 is 10.6 Å². The molecule has 2 atom stereocenters. The van der Waals surface area contributed by atoms with Crippen LogP contribution in [0.15, 0.2) is 95.9 Å². The van der Waals surface area contributed by atoms with Gasteiger partial charge in [-0.25, -0.2) is 12.7 Å². The van der Waals surface area contributed by atoms with Crippen molar-refractivity contribution in [2.45, 2.75) is 43.2 Å². The van der Waals surface area contributed by atoms with E-state index in [0.717, 1.165) is 5.56 Å². The molecule has 4 rings (SSSR count). The highest BCUT2D eigenvalue weighted by Gasteiger charge is 2.38. The number of ether oxygens (including phenoxy) is 1. The van der Waals surface area contributed by atoms with Gasteiger partial charge in [-0.1, -0.05) is 66.7 Å². The summed E-state index contributed by atoms with van der Waals surface area (Å²) in [5.74, 6) is -2.41. The molecule has 2 N–H and O–H groups in total. The minimum absolute atomic E-state index is 0.0824. The number of hydrogen-bond acceptors (Lipinski definition) is 7. The van der Waals surface area contributed by atoms with Crippen LogP contribution in [-0.4, -0.2) is 49.6 Å². The largest absolute Gasteiger partial charge is 0.461 e. The highest BCUT2D eigenvalue weighted by atomic mass is 32.2. The monoisotopic (exact) mass is 563 g/mol. The molecule has 2 unspecified atom stereocenters. The molecule has 9 nitrogen and oxygen atoms in total. The number of amides is 2. The first-order valence-electron chi connectivity index (χ1n) is 13.2. The Balaban J connectivity index is 1.48. The second kappa shape index (κ2) is 13.4. The van der Waals surface area contributed by atoms with Gasteiger partial charge in [0.05, 0.1) is 16.9 Å². The highest BCUT2D eigenvalue weighted by Crippen LogP contribution is 2.27. The number of carbonyl (C=O) groups excluding carboxylic acids is 3. The number of benzene rings is 3. The number of nitrogens with zero attached hydrogens (tertiary/aromatic N) is 2. The number of nitrogens with two attached hydrogens (primary N) is 1. The Morgan fingerprint density at radius 2 is 1.55 bits per heavy atom. The third kappa shape index (κ3) is 7.13. The molecule has 0 bridgehead atoms. The standard InChI is InChI=1S/C30H33N3O6S/c31-27(18-19-28(34)39-22-23-11-4-1-5-12-23)30(36)33(40(37,38)26-16-8-3-9-17-26)21-24-13-10-20-32(29(24)35)25-14-6-2-7-15-25/h1-9,11-12,14-17,24,27H,10,13,18-22,31H2. The second-order valence-electron chi connectivity index (χ2n) is 9.64. The zero-order valence-corrected chi connectivity index (χ0v) is 22.9. The van der Waals surface area contributed by atoms with Crippen LogP contribution in [0.5, 0.6) is 0 Å². The summed E-state index contributed by atoms with van der Waals surface area (Å²) in [6.45, 7) is 0.243. The third-order valence-corrected chi connectivity index (χ3v) is 8.58. The molecule has 40 heavy (non-hydrogen) atoms. The molecular formula is C30H33N3O6S. The maximum Gasteiger partial charge on any atom is 0.306 e. The van der Waals surface area contributed by atoms with Crippen LogP contribution in [0, 0.1) is 5.92 Å². The van der Waals surface area contributed by atoms with Gasteiger partial charge in [0, 0.05) is 25.2 Å². The predicted octanol–water partition coefficient (Wildman–Crippen LogP) is 3.50. The first kappa shape index (κ1) is 29.0. The molecule has 0 saturated carbocycles. The van der Waals surface area contributed by atoms with Crippen molar-refractivity contribution in [2.75, 3.05) is 18.0 Å². The normalized spacial score (nSPS) is 16.3. The zero-order chi connectivity index (χ0) is 28.5. The van der Waals surface area contributed by atoms with Gasteiger partial charge in [-0.05, 0) is 49.1 Å². The summed E-state index contributed by atoms with van der Waals surface area (Å²) >= 11 is 0. The number of rotatable bonds is 11. The molecule has 3 aromatic rings. The van der Waals surface area contributed by atoms with Gasteiger partial charge in [-0.15, -0.1) is 0 Å². The van der Waals surface area contributed by atoms with Crippen molar-refractivity contribution in [3.63, 3.8) is 0 Å². The molecule has 10 heteroatoms. The van der Waals surface area contributed by atoms with Crippen molar-refractivity contribution in [2.24, 2.45) is 11.7 Å². The van der Waals surface area contributed by atoms with E-state index in [4.69, 9.17) is 10.5 Å². The van der Waals surface area contributed by atoms with Gasteiger partial charge in [0.2, 0.25) is 5.91 Å². The minimum atomic E-state index is -4.32. The Kier molecular flexibility index (Phi) is 9.68. The lowest BCUT2D eigenvalue weighted by Gasteiger charge is -2.35. The van der Waals surface area contributed by atoms with Crippen LogP contribution in [0.25, 0.3) is 0 Å². The zero-order valence-electron chi connectivity index (χ0n) is 22.1. The first-order chi connectivity index (χ1) is 19.3. The van der Waals surface area contributed by atoms with Crippen LogP contribution in [0.1, 0.15) is 31.2 Å². The van der Waals surface area contributed by atoms with Gasteiger partial charge in [-0.2, -0.15) is 0 Å². The van der Waals surface area contributed by atoms with Crippen LogP contribution in [0.3, 0.4) is 0 Å². The van der Waals surface area contributed by atoms with E-state index in [1.165, 1.54) is 12.1 Å². The molecule has 2 amide bonds. The Hall–Kier alpha value is -4.02. The summed E-state index contributed by atoms with van der Waals surface area (Å²) in [4.78, 5) is 40.8. The molecule has 1 aliphatic heterocycles. The topological polar surface area (TPSA) is 127 Å². The van der Waals surface area contributed by atoms with Gasteiger partial charge < -0.3 is 15.4 Å². The van der Waals surface area contributed by atoms with E-state index in [-0.39, 0.29) is 36.8 Å². The van der Waals surface area contributed by atoms with Crippen LogP contribution in [0.2, 0.25) is 0 Å². The summed E-state index contributed by atoms with van der Waals surface area (Å²) in [6, 6.07) is 24.6. The van der Waals surface area contributed by atoms with E-state index in [1.807, 2.05) is 60.7 Å². The molecule has 1 aliphatic rings. The lowest BCUT2D eigenvalue weighted by atomic mass is 9.96. The average molecular weight is 564 g/mol. The molecule has 0 radical (unpaired) electrons. The van der Waals surface area contributed by atoms with Crippen molar-refractivity contribution < 1.29 is 27.5 Å². The van der Waals surface area contributed by atoms with Crippen LogP contribution in [-0.2, 0) is 35.8 Å². The summed E-state index contributed by atoms with van der Waals surface area (Å²) in [7, 11) is -4.32. The van der Waals surface area contributed by atoms with Crippen molar-refractivity contribution in [1.29, 1.82) is 0 Å². The Morgan fingerprint density at radius 3 is 2.20 bits per heavy atom. The van der Waals surface area contributed by atoms with Gasteiger partial charge >= 0.3 is 5.97 Å². The van der Waals surface area contributed by atoms with E-state index >= 15 is 0 Å². The fourth-order valence-electron chi connectivity index (χ4n) is 4.60. The van der Waals surface area contributed by atoms with E-state index < -0.39 is 33.9 Å². The Labute approximate surface area is 234 Å². The van der Waals surface area contributed by atoms with Gasteiger partial charge in [0.25, 0.3) is 15.9 Å². The van der Waals surface area contributed by atoms with Crippen LogP contribution >= 0.6 is 0 Å². The maximum atomic E-state index is 13.6.